The van der Waals surface area contributed by atoms with Crippen molar-refractivity contribution in [2.24, 2.45) is 0 Å². The van der Waals surface area contributed by atoms with E-state index in [0.29, 0.717) is 5.56 Å². The topological polar surface area (TPSA) is 18.5 Å². The second-order valence-electron chi connectivity index (χ2n) is 3.30. The van der Waals surface area contributed by atoms with Gasteiger partial charge in [0.2, 0.25) is 0 Å². The molecule has 0 N–H and O–H groups in total. The van der Waals surface area contributed by atoms with E-state index in [1.54, 1.807) is 0 Å². The fourth-order valence-corrected chi connectivity index (χ4v) is 1.25. The molecular weight excluding hydrogens is 233 g/mol. The number of methoxy groups -OCH3 is 1. The third-order valence-corrected chi connectivity index (χ3v) is 2.09. The van der Waals surface area contributed by atoms with Crippen LogP contribution in [-0.2, 0) is 10.9 Å². The van der Waals surface area contributed by atoms with Gasteiger partial charge in [-0.3, -0.25) is 0 Å². The van der Waals surface area contributed by atoms with E-state index in [1.165, 1.54) is 25.3 Å². The average molecular weight is 246 g/mol. The molecule has 94 valence electrons. The fourth-order valence-electron chi connectivity index (χ4n) is 1.25. The van der Waals surface area contributed by atoms with Gasteiger partial charge in [-0.05, 0) is 17.7 Å². The summed E-state index contributed by atoms with van der Waals surface area (Å²) in [4.78, 5) is 0. The van der Waals surface area contributed by atoms with E-state index in [-0.39, 0.29) is 19.0 Å². The van der Waals surface area contributed by atoms with Crippen LogP contribution in [0.5, 0.6) is 5.75 Å². The van der Waals surface area contributed by atoms with Crippen LogP contribution in [-0.4, -0.2) is 20.3 Å². The molecule has 0 saturated carbocycles. The van der Waals surface area contributed by atoms with E-state index >= 15 is 0 Å². The molecule has 0 amide bonds. The van der Waals surface area contributed by atoms with Crippen LogP contribution >= 0.6 is 0 Å². The van der Waals surface area contributed by atoms with Crippen molar-refractivity contribution >= 4 is 6.08 Å². The molecule has 0 fully saturated rings. The van der Waals surface area contributed by atoms with Gasteiger partial charge >= 0.3 is 6.18 Å². The van der Waals surface area contributed by atoms with Gasteiger partial charge in [-0.2, -0.15) is 13.2 Å². The minimum absolute atomic E-state index is 0.0696. The zero-order chi connectivity index (χ0) is 12.9. The van der Waals surface area contributed by atoms with Crippen LogP contribution in [0.15, 0.2) is 24.8 Å². The van der Waals surface area contributed by atoms with Crippen molar-refractivity contribution in [1.82, 2.24) is 0 Å². The predicted molar refractivity (Wildman–Crippen MR) is 58.9 cm³/mol. The lowest BCUT2D eigenvalue weighted by molar-refractivity contribution is -0.139. The molecule has 0 bridgehead atoms. The van der Waals surface area contributed by atoms with Crippen molar-refractivity contribution in [3.05, 3.63) is 35.9 Å². The van der Waals surface area contributed by atoms with Gasteiger partial charge in [-0.1, -0.05) is 18.7 Å². The van der Waals surface area contributed by atoms with Crippen molar-refractivity contribution in [2.45, 2.75) is 6.18 Å². The Balaban J connectivity index is 2.99. The minimum atomic E-state index is -4.43. The Morgan fingerprint density at radius 1 is 1.29 bits per heavy atom. The Labute approximate surface area is 97.7 Å². The van der Waals surface area contributed by atoms with E-state index in [9.17, 15) is 13.2 Å². The van der Waals surface area contributed by atoms with E-state index in [0.717, 1.165) is 6.07 Å². The lowest BCUT2D eigenvalue weighted by Crippen LogP contribution is -2.11. The summed E-state index contributed by atoms with van der Waals surface area (Å²) in [6.45, 7) is 3.80. The molecule has 2 nitrogen and oxygen atoms in total. The first-order valence-corrected chi connectivity index (χ1v) is 4.94. The lowest BCUT2D eigenvalue weighted by atomic mass is 10.1. The van der Waals surface area contributed by atoms with Gasteiger partial charge in [0.15, 0.2) is 0 Å². The summed E-state index contributed by atoms with van der Waals surface area (Å²) in [6.07, 6.45) is -2.97. The van der Waals surface area contributed by atoms with Crippen LogP contribution in [0.2, 0.25) is 0 Å². The van der Waals surface area contributed by atoms with Crippen molar-refractivity contribution in [3.8, 4) is 5.75 Å². The van der Waals surface area contributed by atoms with Crippen LogP contribution in [0.3, 0.4) is 0 Å². The summed E-state index contributed by atoms with van der Waals surface area (Å²) in [5.41, 5.74) is -0.218. The van der Waals surface area contributed by atoms with Crippen molar-refractivity contribution in [2.75, 3.05) is 20.3 Å². The fraction of sp³-hybridized carbons (Fsp3) is 0.333. The maximum Gasteiger partial charge on any atom is 0.419 e. The predicted octanol–water partition coefficient (Wildman–Crippen LogP) is 3.37. The van der Waals surface area contributed by atoms with Crippen molar-refractivity contribution in [1.29, 1.82) is 0 Å². The van der Waals surface area contributed by atoms with E-state index in [2.05, 4.69) is 6.58 Å². The number of halogens is 3. The number of hydrogen-bond donors (Lipinski definition) is 0. The molecular formula is C12H13F3O2. The zero-order valence-corrected chi connectivity index (χ0v) is 9.38. The van der Waals surface area contributed by atoms with Crippen LogP contribution < -0.4 is 4.74 Å². The summed E-state index contributed by atoms with van der Waals surface area (Å²) in [5.74, 6) is -0.202. The molecule has 17 heavy (non-hydrogen) atoms. The molecule has 0 unspecified atom stereocenters. The van der Waals surface area contributed by atoms with Crippen LogP contribution in [0.1, 0.15) is 11.1 Å². The minimum Gasteiger partial charge on any atom is -0.491 e. The van der Waals surface area contributed by atoms with Crippen LogP contribution in [0.25, 0.3) is 6.08 Å². The molecule has 0 aliphatic heterocycles. The molecule has 0 aliphatic rings. The largest absolute Gasteiger partial charge is 0.491 e. The average Bonchev–Trinajstić information content (AvgIpc) is 2.28. The van der Waals surface area contributed by atoms with Crippen LogP contribution in [0.4, 0.5) is 13.2 Å². The Morgan fingerprint density at radius 3 is 2.53 bits per heavy atom. The standard InChI is InChI=1S/C12H13F3O2/c1-3-9-4-5-10(12(13,14)15)11(8-9)17-7-6-16-2/h3-5,8H,1,6-7H2,2H3. The summed E-state index contributed by atoms with van der Waals surface area (Å²) in [7, 11) is 1.45. The highest BCUT2D eigenvalue weighted by Crippen LogP contribution is 2.36. The van der Waals surface area contributed by atoms with E-state index < -0.39 is 11.7 Å². The van der Waals surface area contributed by atoms with E-state index in [4.69, 9.17) is 9.47 Å². The molecule has 1 aromatic rings. The highest BCUT2D eigenvalue weighted by molar-refractivity contribution is 5.52. The van der Waals surface area contributed by atoms with Crippen molar-refractivity contribution < 1.29 is 22.6 Å². The second-order valence-corrected chi connectivity index (χ2v) is 3.30. The molecule has 0 saturated heterocycles. The maximum absolute atomic E-state index is 12.7. The SMILES string of the molecule is C=Cc1ccc(C(F)(F)F)c(OCCOC)c1. The highest BCUT2D eigenvalue weighted by atomic mass is 19.4. The first-order chi connectivity index (χ1) is 7.99. The monoisotopic (exact) mass is 246 g/mol. The third kappa shape index (κ3) is 3.78. The molecule has 0 radical (unpaired) electrons. The Morgan fingerprint density at radius 2 is 2.00 bits per heavy atom. The Kier molecular flexibility index (Phi) is 4.57. The first kappa shape index (κ1) is 13.6. The van der Waals surface area contributed by atoms with Crippen molar-refractivity contribution in [3.63, 3.8) is 0 Å². The Bertz CT molecular complexity index is 386. The number of alkyl halides is 3. The number of ether oxygens (including phenoxy) is 2. The first-order valence-electron chi connectivity index (χ1n) is 4.94. The number of hydrogen-bond acceptors (Lipinski definition) is 2. The highest BCUT2D eigenvalue weighted by Gasteiger charge is 2.34. The molecule has 1 aromatic carbocycles. The number of rotatable bonds is 5. The summed E-state index contributed by atoms with van der Waals surface area (Å²) < 4.78 is 47.7. The molecule has 0 spiro atoms. The van der Waals surface area contributed by atoms with Gasteiger partial charge in [0.25, 0.3) is 0 Å². The molecule has 5 heteroatoms. The summed E-state index contributed by atoms with van der Waals surface area (Å²) >= 11 is 0. The van der Waals surface area contributed by atoms with Gasteiger partial charge in [0.05, 0.1) is 12.2 Å². The van der Waals surface area contributed by atoms with Gasteiger partial charge in [-0.25, -0.2) is 0 Å². The maximum atomic E-state index is 12.7. The number of benzene rings is 1. The molecule has 0 atom stereocenters. The summed E-state index contributed by atoms with van der Waals surface area (Å²) in [5, 5.41) is 0. The molecule has 0 heterocycles. The van der Waals surface area contributed by atoms with E-state index in [1.807, 2.05) is 0 Å². The van der Waals surface area contributed by atoms with Gasteiger partial charge < -0.3 is 9.47 Å². The molecule has 0 aromatic heterocycles. The van der Waals surface area contributed by atoms with Gasteiger partial charge in [0.1, 0.15) is 12.4 Å². The normalized spacial score (nSPS) is 11.3. The molecule has 1 rings (SSSR count). The summed E-state index contributed by atoms with van der Waals surface area (Å²) in [6, 6.07) is 3.64. The second kappa shape index (κ2) is 5.72. The quantitative estimate of drug-likeness (QED) is 0.741. The third-order valence-electron chi connectivity index (χ3n) is 2.09. The lowest BCUT2D eigenvalue weighted by Gasteiger charge is -2.14. The van der Waals surface area contributed by atoms with Crippen LogP contribution in [0, 0.1) is 0 Å². The smallest absolute Gasteiger partial charge is 0.419 e. The molecule has 0 aliphatic carbocycles. The van der Waals surface area contributed by atoms with Gasteiger partial charge in [0, 0.05) is 7.11 Å². The van der Waals surface area contributed by atoms with Gasteiger partial charge in [-0.15, -0.1) is 0 Å². The zero-order valence-electron chi connectivity index (χ0n) is 9.38. The Hall–Kier alpha value is -1.49.